The van der Waals surface area contributed by atoms with Crippen molar-refractivity contribution in [1.29, 1.82) is 0 Å². The molecule has 4 N–H and O–H groups in total. The maximum absolute atomic E-state index is 5.63. The standard InChI is InChI=1S/C13H12BN.2H2O/c14-13-7-5-12(6-8-13)11-3-1-10(9-15)2-4-11;;/h1-8H,9,15H2;2*1H2/q+2;;/p-2. The summed E-state index contributed by atoms with van der Waals surface area (Å²) in [6.07, 6.45) is 0. The minimum Gasteiger partial charge on any atom is -0.870 e. The number of hydrogen-bond acceptors (Lipinski definition) is 3. The van der Waals surface area contributed by atoms with E-state index in [1.165, 1.54) is 11.1 Å². The Labute approximate surface area is 102 Å². The van der Waals surface area contributed by atoms with Gasteiger partial charge in [-0.25, -0.2) is 0 Å². The molecule has 0 unspecified atom stereocenters. The van der Waals surface area contributed by atoms with E-state index in [4.69, 9.17) is 13.6 Å². The molecular formula is C13H14BNO2. The van der Waals surface area contributed by atoms with Crippen molar-refractivity contribution in [3.63, 3.8) is 0 Å². The molecule has 0 bridgehead atoms. The van der Waals surface area contributed by atoms with Crippen LogP contribution < -0.4 is 11.2 Å². The Morgan fingerprint density at radius 1 is 0.765 bits per heavy atom. The van der Waals surface area contributed by atoms with Crippen LogP contribution in [0.15, 0.2) is 48.5 Å². The van der Waals surface area contributed by atoms with Gasteiger partial charge in [-0.15, -0.1) is 0 Å². The molecule has 0 atom stereocenters. The second kappa shape index (κ2) is 6.86. The van der Waals surface area contributed by atoms with Gasteiger partial charge in [-0.3, -0.25) is 0 Å². The Morgan fingerprint density at radius 3 is 1.59 bits per heavy atom. The summed E-state index contributed by atoms with van der Waals surface area (Å²) < 4.78 is 0. The van der Waals surface area contributed by atoms with Gasteiger partial charge in [0.15, 0.2) is 0 Å². The van der Waals surface area contributed by atoms with Crippen molar-refractivity contribution < 1.29 is 11.0 Å². The topological polar surface area (TPSA) is 86.0 Å². The van der Waals surface area contributed by atoms with E-state index in [2.05, 4.69) is 12.1 Å². The van der Waals surface area contributed by atoms with Crippen molar-refractivity contribution in [3.05, 3.63) is 54.1 Å². The van der Waals surface area contributed by atoms with Gasteiger partial charge in [-0.2, -0.15) is 0 Å². The molecule has 0 amide bonds. The van der Waals surface area contributed by atoms with Crippen LogP contribution in [0.2, 0.25) is 0 Å². The van der Waals surface area contributed by atoms with E-state index in [9.17, 15) is 0 Å². The molecule has 0 radical (unpaired) electrons. The van der Waals surface area contributed by atoms with Gasteiger partial charge in [-0.05, 0) is 0 Å². The smallest absolute Gasteiger partial charge is 0.870 e. The molecule has 3 nitrogen and oxygen atoms in total. The normalized spacial score (nSPS) is 9.12. The van der Waals surface area contributed by atoms with Crippen LogP contribution >= 0.6 is 0 Å². The fourth-order valence-electron chi connectivity index (χ4n) is 1.51. The Hall–Kier alpha value is -1.62. The molecule has 0 aliphatic heterocycles. The van der Waals surface area contributed by atoms with Crippen molar-refractivity contribution in [3.8, 4) is 11.1 Å². The summed E-state index contributed by atoms with van der Waals surface area (Å²) in [7, 11) is 5.63. The third-order valence-electron chi connectivity index (χ3n) is 2.43. The third kappa shape index (κ3) is 3.71. The van der Waals surface area contributed by atoms with Crippen molar-refractivity contribution in [2.75, 3.05) is 0 Å². The van der Waals surface area contributed by atoms with E-state index in [1.54, 1.807) is 0 Å². The fourth-order valence-corrected chi connectivity index (χ4v) is 1.51. The first-order valence-corrected chi connectivity index (χ1v) is 4.94. The molecule has 0 saturated carbocycles. The number of hydrogen-bond donors (Lipinski definition) is 1. The van der Waals surface area contributed by atoms with Gasteiger partial charge in [0.25, 0.3) is 0 Å². The van der Waals surface area contributed by atoms with Crippen molar-refractivity contribution in [1.82, 2.24) is 0 Å². The summed E-state index contributed by atoms with van der Waals surface area (Å²) in [5.74, 6) is 0. The third-order valence-corrected chi connectivity index (χ3v) is 2.43. The van der Waals surface area contributed by atoms with E-state index in [-0.39, 0.29) is 11.0 Å². The van der Waals surface area contributed by atoms with E-state index >= 15 is 0 Å². The predicted octanol–water partition coefficient (Wildman–Crippen LogP) is 1.25. The maximum atomic E-state index is 5.63. The summed E-state index contributed by atoms with van der Waals surface area (Å²) in [6, 6.07) is 16.1. The molecule has 0 aromatic heterocycles. The molecule has 17 heavy (non-hydrogen) atoms. The van der Waals surface area contributed by atoms with E-state index in [1.807, 2.05) is 36.4 Å². The Kier molecular flexibility index (Phi) is 6.21. The molecular weight excluding hydrogens is 213 g/mol. The second-order valence-corrected chi connectivity index (χ2v) is 3.52. The average molecular weight is 227 g/mol. The number of benzene rings is 2. The molecule has 0 spiro atoms. The van der Waals surface area contributed by atoms with Gasteiger partial charge in [0.1, 0.15) is 0 Å². The molecule has 0 saturated heterocycles. The van der Waals surface area contributed by atoms with Gasteiger partial charge >= 0.3 is 90.8 Å². The molecule has 0 aliphatic carbocycles. The van der Waals surface area contributed by atoms with E-state index < -0.39 is 0 Å². The van der Waals surface area contributed by atoms with Gasteiger partial charge in [0.05, 0.1) is 0 Å². The first-order chi connectivity index (χ1) is 7.29. The number of nitrogens with two attached hydrogens (primary N) is 1. The van der Waals surface area contributed by atoms with Crippen LogP contribution in [0.3, 0.4) is 0 Å². The zero-order chi connectivity index (χ0) is 10.7. The van der Waals surface area contributed by atoms with Gasteiger partial charge in [0, 0.05) is 0 Å². The van der Waals surface area contributed by atoms with Gasteiger partial charge in [0.2, 0.25) is 0 Å². The Balaban J connectivity index is 0.00000128. The van der Waals surface area contributed by atoms with Gasteiger partial charge in [-0.1, -0.05) is 0 Å². The zero-order valence-corrected chi connectivity index (χ0v) is 9.38. The molecule has 2 aromatic rings. The molecule has 0 fully saturated rings. The summed E-state index contributed by atoms with van der Waals surface area (Å²) in [5, 5.41) is 0. The summed E-state index contributed by atoms with van der Waals surface area (Å²) in [6.45, 7) is 0.585. The molecule has 86 valence electrons. The molecule has 2 rings (SSSR count). The van der Waals surface area contributed by atoms with Crippen LogP contribution in [0.4, 0.5) is 0 Å². The van der Waals surface area contributed by atoms with Crippen LogP contribution in [0.5, 0.6) is 0 Å². The summed E-state index contributed by atoms with van der Waals surface area (Å²) in [4.78, 5) is 0. The molecule has 0 heterocycles. The SMILES string of the molecule is [B+2]c1ccc(-c2ccc(CN)cc2)cc1.[OH-].[OH-]. The summed E-state index contributed by atoms with van der Waals surface area (Å²) >= 11 is 0. The Morgan fingerprint density at radius 2 is 1.18 bits per heavy atom. The van der Waals surface area contributed by atoms with Crippen molar-refractivity contribution in [2.24, 2.45) is 5.73 Å². The minimum atomic E-state index is 0. The van der Waals surface area contributed by atoms with Crippen LogP contribution in [-0.2, 0) is 6.54 Å². The van der Waals surface area contributed by atoms with E-state index in [0.717, 1.165) is 11.0 Å². The molecule has 2 aromatic carbocycles. The van der Waals surface area contributed by atoms with Gasteiger partial charge < -0.3 is 11.0 Å². The van der Waals surface area contributed by atoms with Crippen LogP contribution in [0, 0.1) is 0 Å². The van der Waals surface area contributed by atoms with Crippen LogP contribution in [0.25, 0.3) is 11.1 Å². The van der Waals surface area contributed by atoms with E-state index in [0.29, 0.717) is 6.54 Å². The van der Waals surface area contributed by atoms with Crippen LogP contribution in [-0.4, -0.2) is 18.8 Å². The average Bonchev–Trinajstić information content (AvgIpc) is 2.30. The van der Waals surface area contributed by atoms with Crippen molar-refractivity contribution in [2.45, 2.75) is 6.54 Å². The van der Waals surface area contributed by atoms with Crippen LogP contribution in [0.1, 0.15) is 5.56 Å². The Bertz CT molecular complexity index is 440. The molecule has 4 heteroatoms. The fraction of sp³-hybridized carbons (Fsp3) is 0.0769. The number of rotatable bonds is 2. The first-order valence-electron chi connectivity index (χ1n) is 4.94. The monoisotopic (exact) mass is 227 g/mol. The second-order valence-electron chi connectivity index (χ2n) is 3.52. The first kappa shape index (κ1) is 15.4. The molecule has 0 aliphatic rings. The quantitative estimate of drug-likeness (QED) is 0.783. The largest absolute Gasteiger partial charge is 0.870 e. The summed E-state index contributed by atoms with van der Waals surface area (Å²) in [5.41, 5.74) is 9.84. The maximum Gasteiger partial charge on any atom is -0.870 e. The zero-order valence-electron chi connectivity index (χ0n) is 9.38. The minimum absolute atomic E-state index is 0. The van der Waals surface area contributed by atoms with Crippen molar-refractivity contribution >= 4 is 13.3 Å². The predicted molar refractivity (Wildman–Crippen MR) is 69.0 cm³/mol.